The van der Waals surface area contributed by atoms with Crippen LogP contribution in [0.25, 0.3) is 0 Å². The van der Waals surface area contributed by atoms with Gasteiger partial charge in [0, 0.05) is 31.8 Å². The van der Waals surface area contributed by atoms with Crippen molar-refractivity contribution < 1.29 is 18.4 Å². The summed E-state index contributed by atoms with van der Waals surface area (Å²) in [4.78, 5) is 10.3. The molecule has 116 valence electrons. The minimum atomic E-state index is -3.63. The van der Waals surface area contributed by atoms with E-state index in [1.165, 1.54) is 22.5 Å². The number of nitro benzene ring substituents is 1. The zero-order chi connectivity index (χ0) is 15.6. The summed E-state index contributed by atoms with van der Waals surface area (Å²) < 4.78 is 26.6. The molecule has 0 spiro atoms. The van der Waals surface area contributed by atoms with Crippen molar-refractivity contribution in [1.29, 1.82) is 0 Å². The monoisotopic (exact) mass is 314 g/mol. The van der Waals surface area contributed by atoms with Gasteiger partial charge in [-0.05, 0) is 37.3 Å². The lowest BCUT2D eigenvalue weighted by molar-refractivity contribution is -0.385. The van der Waals surface area contributed by atoms with E-state index in [2.05, 4.69) is 0 Å². The van der Waals surface area contributed by atoms with Gasteiger partial charge < -0.3 is 5.11 Å². The highest BCUT2D eigenvalue weighted by molar-refractivity contribution is 7.89. The molecule has 0 aliphatic carbocycles. The van der Waals surface area contributed by atoms with E-state index in [1.807, 2.05) is 0 Å². The van der Waals surface area contributed by atoms with Gasteiger partial charge in [-0.2, -0.15) is 4.31 Å². The van der Waals surface area contributed by atoms with Gasteiger partial charge in [0.05, 0.1) is 9.82 Å². The van der Waals surface area contributed by atoms with Crippen molar-refractivity contribution in [3.05, 3.63) is 33.9 Å². The molecule has 1 atom stereocenters. The zero-order valence-electron chi connectivity index (χ0n) is 11.7. The van der Waals surface area contributed by atoms with Gasteiger partial charge in [0.25, 0.3) is 5.69 Å². The van der Waals surface area contributed by atoms with Crippen LogP contribution in [0.2, 0.25) is 0 Å². The van der Waals surface area contributed by atoms with Gasteiger partial charge in [-0.15, -0.1) is 0 Å². The fourth-order valence-corrected chi connectivity index (χ4v) is 4.35. The number of non-ortho nitro benzene ring substituents is 1. The first-order valence-electron chi connectivity index (χ1n) is 6.72. The minimum absolute atomic E-state index is 0.0507. The molecule has 7 nitrogen and oxygen atoms in total. The molecule has 0 radical (unpaired) electrons. The number of nitrogens with zero attached hydrogens (tertiary/aromatic N) is 2. The highest BCUT2D eigenvalue weighted by Crippen LogP contribution is 2.29. The molecule has 1 N–H and O–H groups in total. The summed E-state index contributed by atoms with van der Waals surface area (Å²) in [5.74, 6) is 0.170. The van der Waals surface area contributed by atoms with Gasteiger partial charge in [0.2, 0.25) is 10.0 Å². The standard InChI is InChI=1S/C13H18N2O5S/c1-10-8-12(15(17)18)2-3-13(10)21(19,20)14-6-4-11(9-14)5-7-16/h2-3,8,11,16H,4-7,9H2,1H3. The number of rotatable bonds is 5. The molecule has 0 bridgehead atoms. The van der Waals surface area contributed by atoms with Crippen LogP contribution in [-0.2, 0) is 10.0 Å². The number of aliphatic hydroxyl groups excluding tert-OH is 1. The van der Waals surface area contributed by atoms with Gasteiger partial charge in [-0.1, -0.05) is 0 Å². The molecule has 0 saturated carbocycles. The second kappa shape index (κ2) is 6.08. The van der Waals surface area contributed by atoms with Crippen LogP contribution < -0.4 is 0 Å². The smallest absolute Gasteiger partial charge is 0.269 e. The van der Waals surface area contributed by atoms with E-state index in [9.17, 15) is 18.5 Å². The fourth-order valence-electron chi connectivity index (χ4n) is 2.61. The molecule has 21 heavy (non-hydrogen) atoms. The number of sulfonamides is 1. The lowest BCUT2D eigenvalue weighted by atomic mass is 10.1. The summed E-state index contributed by atoms with van der Waals surface area (Å²) in [6.07, 6.45) is 1.32. The summed E-state index contributed by atoms with van der Waals surface area (Å²) in [7, 11) is -3.63. The van der Waals surface area contributed by atoms with Gasteiger partial charge in [-0.3, -0.25) is 10.1 Å². The Morgan fingerprint density at radius 1 is 1.48 bits per heavy atom. The van der Waals surface area contributed by atoms with E-state index in [0.29, 0.717) is 25.1 Å². The Hall–Kier alpha value is -1.51. The lowest BCUT2D eigenvalue weighted by Gasteiger charge is -2.17. The summed E-state index contributed by atoms with van der Waals surface area (Å²) in [5, 5.41) is 19.6. The summed E-state index contributed by atoms with van der Waals surface area (Å²) in [6, 6.07) is 3.78. The highest BCUT2D eigenvalue weighted by Gasteiger charge is 2.33. The molecule has 1 aromatic carbocycles. The molecule has 1 fully saturated rings. The molecule has 0 amide bonds. The van der Waals surface area contributed by atoms with Crippen molar-refractivity contribution in [3.63, 3.8) is 0 Å². The Morgan fingerprint density at radius 2 is 2.19 bits per heavy atom. The first-order valence-corrected chi connectivity index (χ1v) is 8.16. The first kappa shape index (κ1) is 15.9. The molecule has 1 unspecified atom stereocenters. The van der Waals surface area contributed by atoms with Crippen molar-refractivity contribution in [2.24, 2.45) is 5.92 Å². The Labute approximate surface area is 123 Å². The van der Waals surface area contributed by atoms with E-state index < -0.39 is 14.9 Å². The first-order chi connectivity index (χ1) is 9.86. The fraction of sp³-hybridized carbons (Fsp3) is 0.538. The van der Waals surface area contributed by atoms with Crippen LogP contribution in [0.3, 0.4) is 0 Å². The van der Waals surface area contributed by atoms with E-state index in [4.69, 9.17) is 5.11 Å². The van der Waals surface area contributed by atoms with Crippen LogP contribution in [0, 0.1) is 23.0 Å². The average molecular weight is 314 g/mol. The molecule has 1 aromatic rings. The average Bonchev–Trinajstić information content (AvgIpc) is 2.88. The number of aryl methyl sites for hydroxylation is 1. The van der Waals surface area contributed by atoms with Crippen molar-refractivity contribution in [1.82, 2.24) is 4.31 Å². The van der Waals surface area contributed by atoms with Crippen LogP contribution in [0.15, 0.2) is 23.1 Å². The number of hydrogen-bond donors (Lipinski definition) is 1. The summed E-state index contributed by atoms with van der Waals surface area (Å²) in [5.41, 5.74) is 0.251. The lowest BCUT2D eigenvalue weighted by Crippen LogP contribution is -2.29. The van der Waals surface area contributed by atoms with Crippen LogP contribution >= 0.6 is 0 Å². The predicted molar refractivity (Wildman–Crippen MR) is 76.4 cm³/mol. The topological polar surface area (TPSA) is 101 Å². The van der Waals surface area contributed by atoms with Crippen molar-refractivity contribution in [3.8, 4) is 0 Å². The second-order valence-electron chi connectivity index (χ2n) is 5.24. The third kappa shape index (κ3) is 3.22. The maximum absolute atomic E-state index is 12.6. The second-order valence-corrected chi connectivity index (χ2v) is 7.14. The SMILES string of the molecule is Cc1cc([N+](=O)[O-])ccc1S(=O)(=O)N1CCC(CCO)C1. The van der Waals surface area contributed by atoms with E-state index in [1.54, 1.807) is 6.92 Å². The molecule has 1 heterocycles. The normalized spacial score (nSPS) is 19.8. The quantitative estimate of drug-likeness (QED) is 0.652. The summed E-state index contributed by atoms with van der Waals surface area (Å²) >= 11 is 0. The maximum Gasteiger partial charge on any atom is 0.269 e. The third-order valence-corrected chi connectivity index (χ3v) is 5.80. The maximum atomic E-state index is 12.6. The van der Waals surface area contributed by atoms with E-state index >= 15 is 0 Å². The van der Waals surface area contributed by atoms with Gasteiger partial charge in [0.1, 0.15) is 0 Å². The van der Waals surface area contributed by atoms with Gasteiger partial charge in [-0.25, -0.2) is 8.42 Å². The molecule has 0 aromatic heterocycles. The molecule has 1 aliphatic rings. The van der Waals surface area contributed by atoms with Crippen LogP contribution in [0.5, 0.6) is 0 Å². The zero-order valence-corrected chi connectivity index (χ0v) is 12.5. The van der Waals surface area contributed by atoms with Crippen LogP contribution in [-0.4, -0.2) is 42.4 Å². The third-order valence-electron chi connectivity index (χ3n) is 3.77. The molecule has 8 heteroatoms. The van der Waals surface area contributed by atoms with Crippen LogP contribution in [0.1, 0.15) is 18.4 Å². The predicted octanol–water partition coefficient (Wildman–Crippen LogP) is 1.30. The largest absolute Gasteiger partial charge is 0.396 e. The Kier molecular flexibility index (Phi) is 4.60. The Bertz CT molecular complexity index is 644. The van der Waals surface area contributed by atoms with Crippen LogP contribution in [0.4, 0.5) is 5.69 Å². The molecule has 1 aliphatic heterocycles. The number of hydrogen-bond acceptors (Lipinski definition) is 5. The molecular formula is C13H18N2O5S. The Morgan fingerprint density at radius 3 is 2.76 bits per heavy atom. The minimum Gasteiger partial charge on any atom is -0.396 e. The number of aliphatic hydroxyl groups is 1. The van der Waals surface area contributed by atoms with Gasteiger partial charge >= 0.3 is 0 Å². The number of nitro groups is 1. The van der Waals surface area contributed by atoms with Crippen molar-refractivity contribution in [2.75, 3.05) is 19.7 Å². The summed E-state index contributed by atoms with van der Waals surface area (Å²) in [6.45, 7) is 2.42. The Balaban J connectivity index is 2.26. The molecular weight excluding hydrogens is 296 g/mol. The molecule has 2 rings (SSSR count). The van der Waals surface area contributed by atoms with Crippen molar-refractivity contribution in [2.45, 2.75) is 24.7 Å². The highest BCUT2D eigenvalue weighted by atomic mass is 32.2. The van der Waals surface area contributed by atoms with Crippen molar-refractivity contribution >= 4 is 15.7 Å². The van der Waals surface area contributed by atoms with E-state index in [0.717, 1.165) is 6.42 Å². The number of benzene rings is 1. The molecule has 1 saturated heterocycles. The van der Waals surface area contributed by atoms with Gasteiger partial charge in [0.15, 0.2) is 0 Å². The van der Waals surface area contributed by atoms with E-state index in [-0.39, 0.29) is 23.1 Å².